The van der Waals surface area contributed by atoms with Gasteiger partial charge in [-0.25, -0.2) is 0 Å². The summed E-state index contributed by atoms with van der Waals surface area (Å²) in [4.78, 5) is 0. The number of fused-ring (bicyclic) bond motifs is 3. The summed E-state index contributed by atoms with van der Waals surface area (Å²) in [5.41, 5.74) is 6.00. The van der Waals surface area contributed by atoms with Gasteiger partial charge in [0.15, 0.2) is 0 Å². The Bertz CT molecular complexity index is 658. The molecule has 0 aromatic heterocycles. The van der Waals surface area contributed by atoms with Crippen LogP contribution < -0.4 is 0 Å². The Labute approximate surface area is 134 Å². The van der Waals surface area contributed by atoms with Crippen LogP contribution in [0.4, 0.5) is 0 Å². The molecule has 0 spiro atoms. The third-order valence-corrected chi connectivity index (χ3v) is 5.29. The van der Waals surface area contributed by atoms with Crippen LogP contribution in [-0.2, 0) is 0 Å². The highest BCUT2D eigenvalue weighted by Gasteiger charge is 2.24. The van der Waals surface area contributed by atoms with Gasteiger partial charge in [0.2, 0.25) is 0 Å². The van der Waals surface area contributed by atoms with Gasteiger partial charge in [-0.1, -0.05) is 66.3 Å². The summed E-state index contributed by atoms with van der Waals surface area (Å²) in [6.45, 7) is 0. The van der Waals surface area contributed by atoms with E-state index >= 15 is 0 Å². The summed E-state index contributed by atoms with van der Waals surface area (Å²) < 4.78 is 0. The average Bonchev–Trinajstić information content (AvgIpc) is 2.74. The molecule has 0 aliphatic heterocycles. The molecule has 4 aliphatic rings. The third kappa shape index (κ3) is 2.75. The summed E-state index contributed by atoms with van der Waals surface area (Å²) in [5.74, 6) is 1.33. The number of hydrogen-bond acceptors (Lipinski definition) is 0. The summed E-state index contributed by atoms with van der Waals surface area (Å²) in [5, 5.41) is 0. The van der Waals surface area contributed by atoms with Crippen LogP contribution in [0.25, 0.3) is 0 Å². The summed E-state index contributed by atoms with van der Waals surface area (Å²) in [7, 11) is 0. The highest BCUT2D eigenvalue weighted by atomic mass is 14.3. The molecule has 2 bridgehead atoms. The van der Waals surface area contributed by atoms with Crippen molar-refractivity contribution in [1.29, 1.82) is 0 Å². The second-order valence-electron chi connectivity index (χ2n) is 6.80. The Kier molecular flexibility index (Phi) is 3.84. The molecule has 0 aromatic carbocycles. The van der Waals surface area contributed by atoms with E-state index < -0.39 is 0 Å². The Hall–Kier alpha value is -1.82. The van der Waals surface area contributed by atoms with Gasteiger partial charge in [-0.15, -0.1) is 0 Å². The molecule has 2 atom stereocenters. The van der Waals surface area contributed by atoms with Gasteiger partial charge >= 0.3 is 0 Å². The molecule has 22 heavy (non-hydrogen) atoms. The standard InChI is InChI=1S/C22H24/c1-2-8-18(9-3-1)20-11-6-7-17-13-14-19-10-4-5-12-22(19)21(15-17)16-20/h2,4-6,8-11,15-17,22H,1,3,7,12-14H2. The van der Waals surface area contributed by atoms with Crippen molar-refractivity contribution in [3.05, 3.63) is 83.1 Å². The van der Waals surface area contributed by atoms with Crippen molar-refractivity contribution in [2.45, 2.75) is 38.5 Å². The van der Waals surface area contributed by atoms with E-state index in [0.717, 1.165) is 0 Å². The van der Waals surface area contributed by atoms with Crippen molar-refractivity contribution in [2.75, 3.05) is 0 Å². The van der Waals surface area contributed by atoms with E-state index in [4.69, 9.17) is 0 Å². The summed E-state index contributed by atoms with van der Waals surface area (Å²) >= 11 is 0. The van der Waals surface area contributed by atoms with Crippen LogP contribution in [0.3, 0.4) is 0 Å². The molecule has 2 unspecified atom stereocenters. The minimum Gasteiger partial charge on any atom is -0.0836 e. The van der Waals surface area contributed by atoms with Gasteiger partial charge in [-0.05, 0) is 61.2 Å². The number of hydrogen-bond donors (Lipinski definition) is 0. The molecule has 4 aliphatic carbocycles. The maximum absolute atomic E-state index is 2.57. The zero-order valence-electron chi connectivity index (χ0n) is 13.2. The minimum absolute atomic E-state index is 0.615. The van der Waals surface area contributed by atoms with Crippen LogP contribution in [0, 0.1) is 11.8 Å². The van der Waals surface area contributed by atoms with Gasteiger partial charge in [0, 0.05) is 5.92 Å². The summed E-state index contributed by atoms with van der Waals surface area (Å²) in [6, 6.07) is 0. The molecular weight excluding hydrogens is 264 g/mol. The fourth-order valence-electron chi connectivity index (χ4n) is 4.04. The average molecular weight is 288 g/mol. The Morgan fingerprint density at radius 1 is 0.909 bits per heavy atom. The maximum Gasteiger partial charge on any atom is 0.00830 e. The maximum atomic E-state index is 2.57. The molecule has 0 radical (unpaired) electrons. The highest BCUT2D eigenvalue weighted by Crippen LogP contribution is 2.39. The minimum atomic E-state index is 0.615. The molecule has 0 heteroatoms. The molecule has 0 saturated heterocycles. The normalized spacial score (nSPS) is 30.2. The lowest BCUT2D eigenvalue weighted by molar-refractivity contribution is 0.594. The SMILES string of the molecule is C1=CCC2C3=CC(CC=CC(C4=CCCC=C4)=C3)CCC2=C1. The Morgan fingerprint density at radius 3 is 2.77 bits per heavy atom. The van der Waals surface area contributed by atoms with Gasteiger partial charge in [0.1, 0.15) is 0 Å². The first kappa shape index (κ1) is 13.8. The lowest BCUT2D eigenvalue weighted by atomic mass is 9.82. The molecule has 0 aromatic rings. The van der Waals surface area contributed by atoms with Gasteiger partial charge < -0.3 is 0 Å². The van der Waals surface area contributed by atoms with E-state index in [2.05, 4.69) is 60.8 Å². The van der Waals surface area contributed by atoms with Crippen LogP contribution in [0.1, 0.15) is 38.5 Å². The number of rotatable bonds is 1. The quantitative estimate of drug-likeness (QED) is 0.556. The zero-order chi connectivity index (χ0) is 14.8. The number of allylic oxidation sites excluding steroid dienone is 14. The van der Waals surface area contributed by atoms with Crippen LogP contribution in [0.5, 0.6) is 0 Å². The first-order valence-corrected chi connectivity index (χ1v) is 8.73. The van der Waals surface area contributed by atoms with Crippen molar-refractivity contribution < 1.29 is 0 Å². The predicted octanol–water partition coefficient (Wildman–Crippen LogP) is 5.99. The van der Waals surface area contributed by atoms with Crippen LogP contribution in [0.2, 0.25) is 0 Å². The molecule has 0 N–H and O–H groups in total. The van der Waals surface area contributed by atoms with Crippen LogP contribution in [0.15, 0.2) is 83.1 Å². The lowest BCUT2D eigenvalue weighted by Crippen LogP contribution is -2.08. The molecule has 112 valence electrons. The van der Waals surface area contributed by atoms with E-state index in [-0.39, 0.29) is 0 Å². The molecule has 0 saturated carbocycles. The third-order valence-electron chi connectivity index (χ3n) is 5.29. The monoisotopic (exact) mass is 288 g/mol. The molecule has 0 fully saturated rings. The highest BCUT2D eigenvalue weighted by molar-refractivity contribution is 5.53. The van der Waals surface area contributed by atoms with Crippen molar-refractivity contribution in [3.8, 4) is 0 Å². The first-order chi connectivity index (χ1) is 10.9. The topological polar surface area (TPSA) is 0 Å². The fraction of sp³-hybridized carbons (Fsp3) is 0.364. The zero-order valence-corrected chi connectivity index (χ0v) is 13.2. The predicted molar refractivity (Wildman–Crippen MR) is 94.4 cm³/mol. The van der Waals surface area contributed by atoms with E-state index in [1.54, 1.807) is 11.1 Å². The lowest BCUT2D eigenvalue weighted by Gasteiger charge is -2.22. The first-order valence-electron chi connectivity index (χ1n) is 8.73. The van der Waals surface area contributed by atoms with E-state index in [9.17, 15) is 0 Å². The van der Waals surface area contributed by atoms with Crippen molar-refractivity contribution in [1.82, 2.24) is 0 Å². The molecule has 0 heterocycles. The van der Waals surface area contributed by atoms with E-state index in [1.165, 1.54) is 49.7 Å². The molecular formula is C22H24. The molecule has 0 nitrogen and oxygen atoms in total. The van der Waals surface area contributed by atoms with Crippen molar-refractivity contribution in [2.24, 2.45) is 11.8 Å². The Balaban J connectivity index is 1.74. The summed E-state index contributed by atoms with van der Waals surface area (Å²) in [6.07, 6.45) is 31.0. The Morgan fingerprint density at radius 2 is 1.86 bits per heavy atom. The van der Waals surface area contributed by atoms with Crippen LogP contribution in [-0.4, -0.2) is 0 Å². The molecule has 4 rings (SSSR count). The second-order valence-corrected chi connectivity index (χ2v) is 6.80. The van der Waals surface area contributed by atoms with Gasteiger partial charge in [-0.2, -0.15) is 0 Å². The second kappa shape index (κ2) is 6.12. The van der Waals surface area contributed by atoms with Crippen molar-refractivity contribution >= 4 is 0 Å². The van der Waals surface area contributed by atoms with Gasteiger partial charge in [0.25, 0.3) is 0 Å². The van der Waals surface area contributed by atoms with Crippen molar-refractivity contribution in [3.63, 3.8) is 0 Å². The van der Waals surface area contributed by atoms with E-state index in [1.807, 2.05) is 0 Å². The smallest absolute Gasteiger partial charge is 0.00830 e. The molecule has 0 amide bonds. The van der Waals surface area contributed by atoms with E-state index in [0.29, 0.717) is 11.8 Å². The van der Waals surface area contributed by atoms with Gasteiger partial charge in [0.05, 0.1) is 0 Å². The fourth-order valence-corrected chi connectivity index (χ4v) is 4.04. The van der Waals surface area contributed by atoms with Crippen LogP contribution >= 0.6 is 0 Å². The largest absolute Gasteiger partial charge is 0.0836 e. The van der Waals surface area contributed by atoms with Gasteiger partial charge in [-0.3, -0.25) is 0 Å².